The molecule has 1 aromatic carbocycles. The minimum atomic E-state index is -3.73. The molecule has 24 heavy (non-hydrogen) atoms. The molecule has 1 aliphatic heterocycles. The molecule has 6 nitrogen and oxygen atoms in total. The number of carbonyl (C=O) groups excluding carboxylic acids is 1. The van der Waals surface area contributed by atoms with Gasteiger partial charge in [-0.2, -0.15) is 4.31 Å². The molecule has 1 amide bonds. The summed E-state index contributed by atoms with van der Waals surface area (Å²) in [6.07, 6.45) is 0.598. The molecule has 0 spiro atoms. The zero-order valence-electron chi connectivity index (χ0n) is 14.2. The van der Waals surface area contributed by atoms with E-state index in [-0.39, 0.29) is 29.0 Å². The molecule has 0 bridgehead atoms. The average molecular weight is 375 g/mol. The molecule has 134 valence electrons. The van der Waals surface area contributed by atoms with Crippen molar-refractivity contribution in [3.63, 3.8) is 0 Å². The lowest BCUT2D eigenvalue weighted by atomic mass is 10.2. The fraction of sp³-hybridized carbons (Fsp3) is 0.562. The Morgan fingerprint density at radius 2 is 1.92 bits per heavy atom. The zero-order chi connectivity index (χ0) is 17.9. The number of hydrogen-bond donors (Lipinski definition) is 0. The summed E-state index contributed by atoms with van der Waals surface area (Å²) < 4.78 is 32.5. The van der Waals surface area contributed by atoms with Crippen molar-refractivity contribution in [2.24, 2.45) is 5.92 Å². The predicted molar refractivity (Wildman–Crippen MR) is 92.8 cm³/mol. The van der Waals surface area contributed by atoms with Crippen LogP contribution in [-0.4, -0.2) is 56.8 Å². The van der Waals surface area contributed by atoms with Gasteiger partial charge in [0.05, 0.1) is 7.11 Å². The number of methoxy groups -OCH3 is 1. The topological polar surface area (TPSA) is 66.9 Å². The van der Waals surface area contributed by atoms with Crippen molar-refractivity contribution in [3.05, 3.63) is 23.2 Å². The van der Waals surface area contributed by atoms with Gasteiger partial charge in [-0.3, -0.25) is 4.79 Å². The molecule has 1 fully saturated rings. The van der Waals surface area contributed by atoms with Crippen LogP contribution >= 0.6 is 11.6 Å². The molecule has 0 saturated carbocycles. The second kappa shape index (κ2) is 7.72. The lowest BCUT2D eigenvalue weighted by Crippen LogP contribution is -2.39. The van der Waals surface area contributed by atoms with Crippen molar-refractivity contribution in [1.82, 2.24) is 9.21 Å². The predicted octanol–water partition coefficient (Wildman–Crippen LogP) is 2.23. The van der Waals surface area contributed by atoms with Gasteiger partial charge in [-0.1, -0.05) is 25.4 Å². The average Bonchev–Trinajstić information content (AvgIpc) is 2.80. The SMILES string of the molecule is COc1ccc(Cl)cc1S(=O)(=O)N1CCCN(C(=O)C(C)C)CC1. The van der Waals surface area contributed by atoms with Gasteiger partial charge in [-0.25, -0.2) is 8.42 Å². The van der Waals surface area contributed by atoms with Crippen LogP contribution in [0.1, 0.15) is 20.3 Å². The summed E-state index contributed by atoms with van der Waals surface area (Å²) in [5.74, 6) is 0.217. The summed E-state index contributed by atoms with van der Waals surface area (Å²) in [6.45, 7) is 5.27. The van der Waals surface area contributed by atoms with Crippen molar-refractivity contribution >= 4 is 27.5 Å². The molecule has 2 rings (SSSR count). The zero-order valence-corrected chi connectivity index (χ0v) is 15.7. The van der Waals surface area contributed by atoms with E-state index < -0.39 is 10.0 Å². The number of nitrogens with zero attached hydrogens (tertiary/aromatic N) is 2. The van der Waals surface area contributed by atoms with Crippen LogP contribution in [0.3, 0.4) is 0 Å². The molecule has 0 atom stereocenters. The maximum absolute atomic E-state index is 13.0. The van der Waals surface area contributed by atoms with Crippen LogP contribution < -0.4 is 4.74 Å². The highest BCUT2D eigenvalue weighted by molar-refractivity contribution is 7.89. The van der Waals surface area contributed by atoms with Crippen LogP contribution in [-0.2, 0) is 14.8 Å². The van der Waals surface area contributed by atoms with Crippen LogP contribution in [0.4, 0.5) is 0 Å². The lowest BCUT2D eigenvalue weighted by Gasteiger charge is -2.23. The van der Waals surface area contributed by atoms with E-state index in [2.05, 4.69) is 0 Å². The third-order valence-corrected chi connectivity index (χ3v) is 6.16. The van der Waals surface area contributed by atoms with Crippen molar-refractivity contribution in [1.29, 1.82) is 0 Å². The number of amides is 1. The van der Waals surface area contributed by atoms with Gasteiger partial charge >= 0.3 is 0 Å². The maximum atomic E-state index is 13.0. The fourth-order valence-electron chi connectivity index (χ4n) is 2.71. The normalized spacial score (nSPS) is 17.0. The largest absolute Gasteiger partial charge is 0.495 e. The molecule has 0 N–H and O–H groups in total. The van der Waals surface area contributed by atoms with Crippen molar-refractivity contribution < 1.29 is 17.9 Å². The Hall–Kier alpha value is -1.31. The maximum Gasteiger partial charge on any atom is 0.246 e. The van der Waals surface area contributed by atoms with E-state index in [4.69, 9.17) is 16.3 Å². The van der Waals surface area contributed by atoms with Crippen molar-refractivity contribution in [3.8, 4) is 5.75 Å². The van der Waals surface area contributed by atoms with E-state index in [9.17, 15) is 13.2 Å². The van der Waals surface area contributed by atoms with Gasteiger partial charge in [0, 0.05) is 37.1 Å². The van der Waals surface area contributed by atoms with Gasteiger partial charge in [-0.15, -0.1) is 0 Å². The van der Waals surface area contributed by atoms with Crippen LogP contribution in [0.15, 0.2) is 23.1 Å². The molecular formula is C16H23ClN2O4S. The molecule has 1 aromatic rings. The number of rotatable bonds is 4. The van der Waals surface area contributed by atoms with Crippen LogP contribution in [0.5, 0.6) is 5.75 Å². The number of sulfonamides is 1. The summed E-state index contributed by atoms with van der Waals surface area (Å²) in [7, 11) is -2.31. The van der Waals surface area contributed by atoms with E-state index in [0.717, 1.165) is 0 Å². The number of benzene rings is 1. The van der Waals surface area contributed by atoms with Gasteiger partial charge in [0.1, 0.15) is 10.6 Å². The van der Waals surface area contributed by atoms with Gasteiger partial charge in [0.25, 0.3) is 0 Å². The second-order valence-corrected chi connectivity index (χ2v) is 8.38. The third-order valence-electron chi connectivity index (χ3n) is 4.00. The summed E-state index contributed by atoms with van der Waals surface area (Å²) in [5, 5.41) is 0.334. The van der Waals surface area contributed by atoms with Crippen molar-refractivity contribution in [2.75, 3.05) is 33.3 Å². The molecule has 0 aromatic heterocycles. The van der Waals surface area contributed by atoms with Gasteiger partial charge < -0.3 is 9.64 Å². The minimum Gasteiger partial charge on any atom is -0.495 e. The Kier molecular flexibility index (Phi) is 6.11. The molecule has 1 aliphatic rings. The van der Waals surface area contributed by atoms with E-state index in [1.165, 1.54) is 17.5 Å². The molecule has 0 radical (unpaired) electrons. The van der Waals surface area contributed by atoms with Gasteiger partial charge in [-0.05, 0) is 24.6 Å². The highest BCUT2D eigenvalue weighted by Gasteiger charge is 2.31. The van der Waals surface area contributed by atoms with E-state index >= 15 is 0 Å². The summed E-state index contributed by atoms with van der Waals surface area (Å²) in [4.78, 5) is 13.9. The first-order valence-electron chi connectivity index (χ1n) is 7.90. The minimum absolute atomic E-state index is 0.0505. The molecule has 0 aliphatic carbocycles. The lowest BCUT2D eigenvalue weighted by molar-refractivity contribution is -0.134. The smallest absolute Gasteiger partial charge is 0.246 e. The summed E-state index contributed by atoms with van der Waals surface area (Å²) >= 11 is 5.96. The van der Waals surface area contributed by atoms with Gasteiger partial charge in [0.2, 0.25) is 15.9 Å². The summed E-state index contributed by atoms with van der Waals surface area (Å²) in [6, 6.07) is 4.53. The highest BCUT2D eigenvalue weighted by atomic mass is 35.5. The molecule has 0 unspecified atom stereocenters. The molecule has 1 heterocycles. The Morgan fingerprint density at radius 3 is 2.54 bits per heavy atom. The standard InChI is InChI=1S/C16H23ClN2O4S/c1-12(2)16(20)18-7-4-8-19(10-9-18)24(21,22)15-11-13(17)5-6-14(15)23-3/h5-6,11-12H,4,7-10H2,1-3H3. The fourth-order valence-corrected chi connectivity index (χ4v) is 4.60. The second-order valence-electron chi connectivity index (χ2n) is 6.03. The number of hydrogen-bond acceptors (Lipinski definition) is 4. The summed E-state index contributed by atoms with van der Waals surface area (Å²) in [5.41, 5.74) is 0. The van der Waals surface area contributed by atoms with Crippen LogP contribution in [0, 0.1) is 5.92 Å². The number of ether oxygens (including phenoxy) is 1. The molecule has 8 heteroatoms. The first kappa shape index (κ1) is 19.0. The van der Waals surface area contributed by atoms with E-state index in [0.29, 0.717) is 31.1 Å². The van der Waals surface area contributed by atoms with Crippen LogP contribution in [0.25, 0.3) is 0 Å². The van der Waals surface area contributed by atoms with E-state index in [1.807, 2.05) is 13.8 Å². The Labute approximate surface area is 148 Å². The van der Waals surface area contributed by atoms with Gasteiger partial charge in [0.15, 0.2) is 0 Å². The first-order chi connectivity index (χ1) is 11.3. The highest BCUT2D eigenvalue weighted by Crippen LogP contribution is 2.30. The Balaban J connectivity index is 2.25. The first-order valence-corrected chi connectivity index (χ1v) is 9.71. The van der Waals surface area contributed by atoms with E-state index in [1.54, 1.807) is 17.0 Å². The molecule has 1 saturated heterocycles. The van der Waals surface area contributed by atoms with Crippen molar-refractivity contribution in [2.45, 2.75) is 25.2 Å². The third kappa shape index (κ3) is 4.02. The Bertz CT molecular complexity index is 706. The molecular weight excluding hydrogens is 352 g/mol. The van der Waals surface area contributed by atoms with Crippen LogP contribution in [0.2, 0.25) is 5.02 Å². The monoisotopic (exact) mass is 374 g/mol. The Morgan fingerprint density at radius 1 is 1.21 bits per heavy atom. The number of halogens is 1. The number of carbonyl (C=O) groups is 1. The quantitative estimate of drug-likeness (QED) is 0.810.